The number of fused-ring (bicyclic) bond motifs is 1. The van der Waals surface area contributed by atoms with Crippen molar-refractivity contribution in [2.75, 3.05) is 10.6 Å². The highest BCUT2D eigenvalue weighted by Crippen LogP contribution is 2.21. The first-order valence-corrected chi connectivity index (χ1v) is 7.10. The molecule has 0 aliphatic carbocycles. The third-order valence-corrected chi connectivity index (χ3v) is 3.37. The Hall–Kier alpha value is -2.93. The van der Waals surface area contributed by atoms with Crippen molar-refractivity contribution < 1.29 is 9.59 Å². The molecule has 0 aliphatic rings. The number of benzene rings is 1. The van der Waals surface area contributed by atoms with Crippen LogP contribution in [0.3, 0.4) is 0 Å². The van der Waals surface area contributed by atoms with Crippen LogP contribution in [0, 0.1) is 0 Å². The fraction of sp³-hybridized carbons (Fsp3) is 0.0667. The maximum absolute atomic E-state index is 12.3. The van der Waals surface area contributed by atoms with Gasteiger partial charge >= 0.3 is 0 Å². The molecule has 0 unspecified atom stereocenters. The Balaban J connectivity index is 1.80. The van der Waals surface area contributed by atoms with Crippen LogP contribution >= 0.6 is 11.6 Å². The molecule has 0 saturated carbocycles. The van der Waals surface area contributed by atoms with Crippen molar-refractivity contribution >= 4 is 40.4 Å². The molecule has 3 aromatic rings. The summed E-state index contributed by atoms with van der Waals surface area (Å²) in [7, 11) is 0. The van der Waals surface area contributed by atoms with E-state index < -0.39 is 5.91 Å². The molecule has 0 radical (unpaired) electrons. The standard InChI is InChI=1S/C15H12ClN5O2/c1-9(22)18-10-3-5-11(6-4-10)19-15(23)13-12(16)14-17-7-2-8-21(14)20-13/h2-8H,1H3,(H,18,22)(H,19,23). The SMILES string of the molecule is CC(=O)Nc1ccc(NC(=O)c2nn3cccnc3c2Cl)cc1. The molecule has 0 bridgehead atoms. The van der Waals surface area contributed by atoms with Gasteiger partial charge in [0.05, 0.1) is 0 Å². The lowest BCUT2D eigenvalue weighted by molar-refractivity contribution is -0.114. The van der Waals surface area contributed by atoms with Gasteiger partial charge in [0.15, 0.2) is 11.3 Å². The molecule has 116 valence electrons. The van der Waals surface area contributed by atoms with Crippen LogP contribution in [0.2, 0.25) is 5.02 Å². The second-order valence-electron chi connectivity index (χ2n) is 4.76. The van der Waals surface area contributed by atoms with Gasteiger partial charge in [-0.3, -0.25) is 9.59 Å². The van der Waals surface area contributed by atoms with Gasteiger partial charge in [0.1, 0.15) is 5.02 Å². The maximum atomic E-state index is 12.3. The van der Waals surface area contributed by atoms with Gasteiger partial charge in [-0.2, -0.15) is 5.10 Å². The summed E-state index contributed by atoms with van der Waals surface area (Å²) in [6.07, 6.45) is 3.23. The Labute approximate surface area is 136 Å². The monoisotopic (exact) mass is 329 g/mol. The van der Waals surface area contributed by atoms with E-state index in [2.05, 4.69) is 20.7 Å². The summed E-state index contributed by atoms with van der Waals surface area (Å²) in [5.41, 5.74) is 1.72. The van der Waals surface area contributed by atoms with E-state index in [0.29, 0.717) is 17.0 Å². The van der Waals surface area contributed by atoms with Crippen LogP contribution in [-0.2, 0) is 4.79 Å². The van der Waals surface area contributed by atoms with Crippen LogP contribution in [0.15, 0.2) is 42.7 Å². The van der Waals surface area contributed by atoms with E-state index in [1.807, 2.05) is 0 Å². The van der Waals surface area contributed by atoms with Crippen molar-refractivity contribution in [3.8, 4) is 0 Å². The molecule has 0 spiro atoms. The molecule has 7 nitrogen and oxygen atoms in total. The molecule has 0 fully saturated rings. The fourth-order valence-corrected chi connectivity index (χ4v) is 2.29. The second-order valence-corrected chi connectivity index (χ2v) is 5.14. The Morgan fingerprint density at radius 3 is 2.39 bits per heavy atom. The topological polar surface area (TPSA) is 88.4 Å². The zero-order valence-electron chi connectivity index (χ0n) is 12.1. The number of carbonyl (C=O) groups excluding carboxylic acids is 2. The van der Waals surface area contributed by atoms with E-state index in [9.17, 15) is 9.59 Å². The molecule has 0 atom stereocenters. The molecule has 3 rings (SSSR count). The molecule has 2 amide bonds. The van der Waals surface area contributed by atoms with E-state index in [0.717, 1.165) is 0 Å². The van der Waals surface area contributed by atoms with Crippen LogP contribution in [0.4, 0.5) is 11.4 Å². The number of rotatable bonds is 3. The fourth-order valence-electron chi connectivity index (χ4n) is 2.03. The highest BCUT2D eigenvalue weighted by Gasteiger charge is 2.18. The molecule has 2 N–H and O–H groups in total. The van der Waals surface area contributed by atoms with Gasteiger partial charge in [0.25, 0.3) is 5.91 Å². The minimum absolute atomic E-state index is 0.0938. The zero-order chi connectivity index (χ0) is 16.4. The summed E-state index contributed by atoms with van der Waals surface area (Å²) in [5, 5.41) is 9.66. The molecule has 1 aromatic carbocycles. The number of aromatic nitrogens is 3. The van der Waals surface area contributed by atoms with Gasteiger partial charge in [-0.1, -0.05) is 11.6 Å². The highest BCUT2D eigenvalue weighted by atomic mass is 35.5. The molecular weight excluding hydrogens is 318 g/mol. The van der Waals surface area contributed by atoms with Gasteiger partial charge < -0.3 is 10.6 Å². The number of anilines is 2. The summed E-state index contributed by atoms with van der Waals surface area (Å²) < 4.78 is 1.44. The molecule has 8 heteroatoms. The average molecular weight is 330 g/mol. The Morgan fingerprint density at radius 1 is 1.13 bits per heavy atom. The smallest absolute Gasteiger partial charge is 0.277 e. The van der Waals surface area contributed by atoms with Gasteiger partial charge in [-0.15, -0.1) is 0 Å². The van der Waals surface area contributed by atoms with Gasteiger partial charge in [-0.25, -0.2) is 9.50 Å². The van der Waals surface area contributed by atoms with Crippen LogP contribution < -0.4 is 10.6 Å². The lowest BCUT2D eigenvalue weighted by Crippen LogP contribution is -2.13. The number of hydrogen-bond donors (Lipinski definition) is 2. The average Bonchev–Trinajstić information content (AvgIpc) is 2.86. The summed E-state index contributed by atoms with van der Waals surface area (Å²) in [6.45, 7) is 1.43. The Morgan fingerprint density at radius 2 is 1.78 bits per heavy atom. The van der Waals surface area contributed by atoms with Gasteiger partial charge in [0.2, 0.25) is 5.91 Å². The van der Waals surface area contributed by atoms with E-state index in [-0.39, 0.29) is 16.6 Å². The van der Waals surface area contributed by atoms with Crippen molar-refractivity contribution in [1.82, 2.24) is 14.6 Å². The first-order chi connectivity index (χ1) is 11.0. The van der Waals surface area contributed by atoms with Crippen molar-refractivity contribution in [3.05, 3.63) is 53.4 Å². The molecule has 2 heterocycles. The summed E-state index contributed by atoms with van der Waals surface area (Å²) in [5.74, 6) is -0.599. The van der Waals surface area contributed by atoms with E-state index >= 15 is 0 Å². The van der Waals surface area contributed by atoms with Crippen LogP contribution in [0.5, 0.6) is 0 Å². The number of carbonyl (C=O) groups is 2. The third kappa shape index (κ3) is 3.14. The Kier molecular flexibility index (Phi) is 3.94. The van der Waals surface area contributed by atoms with Crippen LogP contribution in [0.25, 0.3) is 5.65 Å². The summed E-state index contributed by atoms with van der Waals surface area (Å²) in [4.78, 5) is 27.3. The number of hydrogen-bond acceptors (Lipinski definition) is 4. The van der Waals surface area contributed by atoms with Crippen molar-refractivity contribution in [2.24, 2.45) is 0 Å². The van der Waals surface area contributed by atoms with Crippen molar-refractivity contribution in [2.45, 2.75) is 6.92 Å². The first-order valence-electron chi connectivity index (χ1n) is 6.72. The quantitative estimate of drug-likeness (QED) is 0.773. The predicted molar refractivity (Wildman–Crippen MR) is 86.7 cm³/mol. The summed E-state index contributed by atoms with van der Waals surface area (Å²) >= 11 is 6.15. The van der Waals surface area contributed by atoms with Gasteiger partial charge in [0, 0.05) is 30.7 Å². The molecule has 0 aliphatic heterocycles. The third-order valence-electron chi connectivity index (χ3n) is 3.02. The number of nitrogens with one attached hydrogen (secondary N) is 2. The van der Waals surface area contributed by atoms with E-state index in [4.69, 9.17) is 11.6 Å². The number of amides is 2. The lowest BCUT2D eigenvalue weighted by atomic mass is 10.2. The van der Waals surface area contributed by atoms with E-state index in [1.165, 1.54) is 11.4 Å². The molecular formula is C15H12ClN5O2. The van der Waals surface area contributed by atoms with Crippen molar-refractivity contribution in [3.63, 3.8) is 0 Å². The zero-order valence-corrected chi connectivity index (χ0v) is 12.8. The summed E-state index contributed by atoms with van der Waals surface area (Å²) in [6, 6.07) is 8.41. The second kappa shape index (κ2) is 6.05. The minimum Gasteiger partial charge on any atom is -0.326 e. The molecule has 2 aromatic heterocycles. The maximum Gasteiger partial charge on any atom is 0.277 e. The number of halogens is 1. The van der Waals surface area contributed by atoms with Crippen LogP contribution in [-0.4, -0.2) is 26.4 Å². The van der Waals surface area contributed by atoms with E-state index in [1.54, 1.807) is 42.7 Å². The van der Waals surface area contributed by atoms with Gasteiger partial charge in [-0.05, 0) is 30.3 Å². The predicted octanol–water partition coefficient (Wildman–Crippen LogP) is 2.59. The Bertz CT molecular complexity index is 889. The van der Waals surface area contributed by atoms with Crippen LogP contribution in [0.1, 0.15) is 17.4 Å². The molecule has 23 heavy (non-hydrogen) atoms. The largest absolute Gasteiger partial charge is 0.326 e. The number of nitrogens with zero attached hydrogens (tertiary/aromatic N) is 3. The van der Waals surface area contributed by atoms with Crippen molar-refractivity contribution in [1.29, 1.82) is 0 Å². The first kappa shape index (κ1) is 15.0. The normalized spacial score (nSPS) is 10.5. The minimum atomic E-state index is -0.437. The molecule has 0 saturated heterocycles. The lowest BCUT2D eigenvalue weighted by Gasteiger charge is -2.05. The highest BCUT2D eigenvalue weighted by molar-refractivity contribution is 6.37.